The van der Waals surface area contributed by atoms with Gasteiger partial charge in [-0.15, -0.1) is 0 Å². The molecule has 0 heterocycles. The summed E-state index contributed by atoms with van der Waals surface area (Å²) < 4.78 is 3.29. The van der Waals surface area contributed by atoms with Gasteiger partial charge in [0.25, 0.3) is 0 Å². The first-order valence-electron chi connectivity index (χ1n) is 8.31. The molecule has 1 unspecified atom stereocenters. The monoisotopic (exact) mass is 459 g/mol. The topological polar surface area (TPSA) is 62.4 Å². The summed E-state index contributed by atoms with van der Waals surface area (Å²) in [5.74, 6) is 0.380. The van der Waals surface area contributed by atoms with E-state index in [2.05, 4.69) is 16.0 Å². The molecule has 0 radical (unpaired) electrons. The van der Waals surface area contributed by atoms with Crippen LogP contribution in [0.15, 0.2) is 48.5 Å². The summed E-state index contributed by atoms with van der Waals surface area (Å²) in [4.78, 5) is 12.4. The van der Waals surface area contributed by atoms with Gasteiger partial charge in [0.1, 0.15) is 11.9 Å². The third-order valence-electron chi connectivity index (χ3n) is 3.83. The zero-order valence-corrected chi connectivity index (χ0v) is 18.3. The number of thiocarbonyl (C=S) groups is 1. The second-order valence-electron chi connectivity index (χ2n) is 5.98. The minimum absolute atomic E-state index is 0.112. The molecule has 0 aliphatic carbocycles. The van der Waals surface area contributed by atoms with Gasteiger partial charge in [0.2, 0.25) is 9.70 Å². The summed E-state index contributed by atoms with van der Waals surface area (Å²) in [5.41, 5.74) is 2.61. The molecule has 1 atom stereocenters. The van der Waals surface area contributed by atoms with Crippen LogP contribution >= 0.6 is 47.0 Å². The van der Waals surface area contributed by atoms with Gasteiger partial charge in [-0.3, -0.25) is 4.79 Å². The second kappa shape index (κ2) is 10.2. The van der Waals surface area contributed by atoms with Crippen LogP contribution in [-0.4, -0.2) is 28.1 Å². The Morgan fingerprint density at radius 2 is 1.75 bits per heavy atom. The first-order valence-corrected chi connectivity index (χ1v) is 9.85. The lowest BCUT2D eigenvalue weighted by Gasteiger charge is -2.28. The number of anilines is 1. The molecule has 0 aromatic heterocycles. The average Bonchev–Trinajstić information content (AvgIpc) is 2.63. The van der Waals surface area contributed by atoms with Crippen molar-refractivity contribution >= 4 is 63.7 Å². The number of amides is 1. The van der Waals surface area contributed by atoms with Gasteiger partial charge >= 0.3 is 0 Å². The van der Waals surface area contributed by atoms with Crippen molar-refractivity contribution in [3.63, 3.8) is 0 Å². The molecular weight excluding hydrogens is 441 g/mol. The minimum atomic E-state index is -1.81. The Labute approximate surface area is 184 Å². The summed E-state index contributed by atoms with van der Waals surface area (Å²) in [7, 11) is 1.58. The number of para-hydroxylation sites is 1. The first-order chi connectivity index (χ1) is 13.2. The quantitative estimate of drug-likeness (QED) is 0.340. The summed E-state index contributed by atoms with van der Waals surface area (Å²) in [6, 6.07) is 14.7. The van der Waals surface area contributed by atoms with Crippen LogP contribution in [0.2, 0.25) is 0 Å². The Bertz CT molecular complexity index is 826. The maximum absolute atomic E-state index is 12.4. The fourth-order valence-corrected chi connectivity index (χ4v) is 2.90. The first kappa shape index (κ1) is 22.6. The Morgan fingerprint density at radius 1 is 1.11 bits per heavy atom. The zero-order valence-electron chi connectivity index (χ0n) is 15.3. The van der Waals surface area contributed by atoms with Crippen LogP contribution in [0.4, 0.5) is 5.69 Å². The molecule has 0 aliphatic heterocycles. The summed E-state index contributed by atoms with van der Waals surface area (Å²) in [6.45, 7) is 1.94. The maximum atomic E-state index is 12.4. The van der Waals surface area contributed by atoms with E-state index in [0.717, 1.165) is 16.8 Å². The van der Waals surface area contributed by atoms with Crippen molar-refractivity contribution in [1.29, 1.82) is 0 Å². The van der Waals surface area contributed by atoms with Crippen LogP contribution in [0, 0.1) is 6.92 Å². The van der Waals surface area contributed by atoms with Gasteiger partial charge in [0.05, 0.1) is 13.5 Å². The fraction of sp³-hybridized carbons (Fsp3) is 0.263. The number of benzene rings is 2. The van der Waals surface area contributed by atoms with Gasteiger partial charge in [-0.2, -0.15) is 0 Å². The summed E-state index contributed by atoms with van der Waals surface area (Å²) >= 11 is 23.3. The van der Waals surface area contributed by atoms with E-state index >= 15 is 0 Å². The predicted molar refractivity (Wildman–Crippen MR) is 119 cm³/mol. The largest absolute Gasteiger partial charge is 0.497 e. The number of alkyl halides is 3. The minimum Gasteiger partial charge on any atom is -0.497 e. The predicted octanol–water partition coefficient (Wildman–Crippen LogP) is 4.35. The molecule has 0 fully saturated rings. The molecule has 1 amide bonds. The lowest BCUT2D eigenvalue weighted by molar-refractivity contribution is -0.121. The van der Waals surface area contributed by atoms with Crippen molar-refractivity contribution in [3.8, 4) is 5.75 Å². The molecule has 150 valence electrons. The van der Waals surface area contributed by atoms with Crippen molar-refractivity contribution in [2.75, 3.05) is 12.4 Å². The molecule has 0 bridgehead atoms. The van der Waals surface area contributed by atoms with E-state index in [0.29, 0.717) is 5.75 Å². The standard InChI is InChI=1S/C19H20Cl3N3O2S/c1-12-5-3-4-6-15(12)23-18(28)25-17(19(20,21)22)24-16(26)11-13-7-9-14(27-2)10-8-13/h3-10,17H,11H2,1-2H3,(H,24,26)(H2,23,25,28). The Hall–Kier alpha value is -1.73. The molecule has 28 heavy (non-hydrogen) atoms. The molecule has 0 saturated heterocycles. The number of nitrogens with one attached hydrogen (secondary N) is 3. The second-order valence-corrected chi connectivity index (χ2v) is 8.76. The SMILES string of the molecule is COc1ccc(CC(=O)NC(NC(=S)Nc2ccccc2C)C(Cl)(Cl)Cl)cc1. The molecule has 2 rings (SSSR count). The van der Waals surface area contributed by atoms with Crippen LogP contribution in [0.5, 0.6) is 5.75 Å². The third-order valence-corrected chi connectivity index (χ3v) is 4.70. The van der Waals surface area contributed by atoms with Crippen LogP contribution in [0.3, 0.4) is 0 Å². The molecule has 5 nitrogen and oxygen atoms in total. The Kier molecular flexibility index (Phi) is 8.19. The van der Waals surface area contributed by atoms with Gasteiger partial charge < -0.3 is 20.7 Å². The van der Waals surface area contributed by atoms with Crippen molar-refractivity contribution in [1.82, 2.24) is 10.6 Å². The number of aryl methyl sites for hydroxylation is 1. The molecule has 2 aromatic carbocycles. The van der Waals surface area contributed by atoms with Crippen molar-refractivity contribution in [2.45, 2.75) is 23.3 Å². The van der Waals surface area contributed by atoms with Gasteiger partial charge in [-0.1, -0.05) is 65.1 Å². The number of methoxy groups -OCH3 is 1. The van der Waals surface area contributed by atoms with E-state index in [9.17, 15) is 4.79 Å². The number of hydrogen-bond donors (Lipinski definition) is 3. The normalized spacial score (nSPS) is 12.0. The highest BCUT2D eigenvalue weighted by atomic mass is 35.6. The fourth-order valence-electron chi connectivity index (χ4n) is 2.34. The number of halogens is 3. The van der Waals surface area contributed by atoms with Gasteiger partial charge in [0.15, 0.2) is 5.11 Å². The van der Waals surface area contributed by atoms with Crippen LogP contribution in [0.1, 0.15) is 11.1 Å². The maximum Gasteiger partial charge on any atom is 0.228 e. The highest BCUT2D eigenvalue weighted by molar-refractivity contribution is 7.80. The summed E-state index contributed by atoms with van der Waals surface area (Å²) in [5, 5.41) is 8.75. The third kappa shape index (κ3) is 7.02. The van der Waals surface area contributed by atoms with Gasteiger partial charge in [0, 0.05) is 5.69 Å². The molecule has 0 saturated carbocycles. The van der Waals surface area contributed by atoms with Crippen molar-refractivity contribution in [3.05, 3.63) is 59.7 Å². The van der Waals surface area contributed by atoms with Crippen LogP contribution in [-0.2, 0) is 11.2 Å². The summed E-state index contributed by atoms with van der Waals surface area (Å²) in [6.07, 6.45) is -0.909. The number of hydrogen-bond acceptors (Lipinski definition) is 3. The molecule has 0 aliphatic rings. The molecule has 2 aromatic rings. The van der Waals surface area contributed by atoms with Crippen molar-refractivity contribution < 1.29 is 9.53 Å². The number of ether oxygens (including phenoxy) is 1. The smallest absolute Gasteiger partial charge is 0.228 e. The molecular formula is C19H20Cl3N3O2S. The zero-order chi connectivity index (χ0) is 20.7. The molecule has 0 spiro atoms. The highest BCUT2D eigenvalue weighted by Gasteiger charge is 2.34. The average molecular weight is 461 g/mol. The lowest BCUT2D eigenvalue weighted by Crippen LogP contribution is -2.56. The number of carbonyl (C=O) groups excluding carboxylic acids is 1. The van der Waals surface area contributed by atoms with Gasteiger partial charge in [-0.05, 0) is 48.5 Å². The van der Waals surface area contributed by atoms with E-state index in [1.165, 1.54) is 0 Å². The highest BCUT2D eigenvalue weighted by Crippen LogP contribution is 2.29. The van der Waals surface area contributed by atoms with E-state index < -0.39 is 9.96 Å². The van der Waals surface area contributed by atoms with Gasteiger partial charge in [-0.25, -0.2) is 0 Å². The van der Waals surface area contributed by atoms with Crippen molar-refractivity contribution in [2.24, 2.45) is 0 Å². The van der Waals surface area contributed by atoms with E-state index in [-0.39, 0.29) is 17.4 Å². The van der Waals surface area contributed by atoms with Crippen LogP contribution in [0.25, 0.3) is 0 Å². The number of rotatable bonds is 6. The van der Waals surface area contributed by atoms with Crippen LogP contribution < -0.4 is 20.7 Å². The lowest BCUT2D eigenvalue weighted by atomic mass is 10.1. The van der Waals surface area contributed by atoms with E-state index in [4.69, 9.17) is 51.8 Å². The molecule has 3 N–H and O–H groups in total. The Morgan fingerprint density at radius 3 is 2.32 bits per heavy atom. The number of carbonyl (C=O) groups is 1. The van der Waals surface area contributed by atoms with E-state index in [1.54, 1.807) is 31.4 Å². The van der Waals surface area contributed by atoms with E-state index in [1.807, 2.05) is 31.2 Å². The molecule has 9 heteroatoms. The Balaban J connectivity index is 1.99.